The lowest BCUT2D eigenvalue weighted by Crippen LogP contribution is -2.40. The number of fused-ring (bicyclic) bond motifs is 2. The Kier molecular flexibility index (Phi) is 8.86. The minimum absolute atomic E-state index is 0.187. The third-order valence-corrected chi connectivity index (χ3v) is 8.28. The maximum atomic E-state index is 14.3. The average Bonchev–Trinajstić information content (AvgIpc) is 3.33. The number of benzene rings is 3. The van der Waals surface area contributed by atoms with Crippen molar-refractivity contribution in [2.75, 3.05) is 35.0 Å². The van der Waals surface area contributed by atoms with E-state index in [1.165, 1.54) is 18.4 Å². The number of esters is 1. The smallest absolute Gasteiger partial charge is 0.338 e. The number of nitrogens with zero attached hydrogens (tertiary/aromatic N) is 2. The highest BCUT2D eigenvalue weighted by molar-refractivity contribution is 7.07. The van der Waals surface area contributed by atoms with E-state index >= 15 is 0 Å². The summed E-state index contributed by atoms with van der Waals surface area (Å²) in [5.41, 5.74) is 2.02. The number of hydrogen-bond acceptors (Lipinski definition) is 9. The topological polar surface area (TPSA) is 97.6 Å². The molecule has 0 bridgehead atoms. The van der Waals surface area contributed by atoms with Crippen LogP contribution in [-0.4, -0.2) is 45.6 Å². The highest BCUT2D eigenvalue weighted by atomic mass is 32.1. The van der Waals surface area contributed by atoms with Crippen molar-refractivity contribution >= 4 is 34.2 Å². The molecule has 0 radical (unpaired) electrons. The fraction of sp³-hybridized carbons (Fsp3) is 0.303. The van der Waals surface area contributed by atoms with Crippen LogP contribution in [0.3, 0.4) is 0 Å². The molecule has 3 aromatic carbocycles. The van der Waals surface area contributed by atoms with Crippen LogP contribution in [-0.2, 0) is 9.53 Å². The second-order valence-electron chi connectivity index (χ2n) is 9.77. The maximum Gasteiger partial charge on any atom is 0.338 e. The van der Waals surface area contributed by atoms with Crippen molar-refractivity contribution in [2.24, 2.45) is 4.99 Å². The van der Waals surface area contributed by atoms with Gasteiger partial charge in [-0.3, -0.25) is 9.36 Å². The molecular formula is C33H34N2O7S. The van der Waals surface area contributed by atoms with Gasteiger partial charge in [-0.1, -0.05) is 55.0 Å². The largest absolute Gasteiger partial charge is 0.496 e. The SMILES string of the molecule is CCCC1=C(C(=O)OCC)C(c2c(OC)ccc3ccccc23)n2c(s/c(=C\c3cc(OC)c(OC)c(OC)c3)c2=O)=N1. The molecule has 0 saturated carbocycles. The summed E-state index contributed by atoms with van der Waals surface area (Å²) in [6, 6.07) is 14.4. The van der Waals surface area contributed by atoms with Crippen molar-refractivity contribution in [3.63, 3.8) is 0 Å². The van der Waals surface area contributed by atoms with E-state index in [1.807, 2.05) is 43.3 Å². The molecule has 0 spiro atoms. The number of ether oxygens (including phenoxy) is 5. The summed E-state index contributed by atoms with van der Waals surface area (Å²) in [7, 11) is 6.20. The van der Waals surface area contributed by atoms with E-state index in [-0.39, 0.29) is 12.2 Å². The zero-order chi connectivity index (χ0) is 30.7. The van der Waals surface area contributed by atoms with Crippen LogP contribution >= 0.6 is 11.3 Å². The maximum absolute atomic E-state index is 14.3. The number of methoxy groups -OCH3 is 4. The van der Waals surface area contributed by atoms with Gasteiger partial charge in [0.2, 0.25) is 5.75 Å². The van der Waals surface area contributed by atoms with Crippen molar-refractivity contribution in [3.8, 4) is 23.0 Å². The van der Waals surface area contributed by atoms with Crippen molar-refractivity contribution in [1.82, 2.24) is 4.57 Å². The van der Waals surface area contributed by atoms with E-state index in [2.05, 4.69) is 0 Å². The van der Waals surface area contributed by atoms with Crippen LogP contribution in [0.1, 0.15) is 43.9 Å². The Labute approximate surface area is 253 Å². The number of hydrogen-bond donors (Lipinski definition) is 0. The molecular weight excluding hydrogens is 568 g/mol. The lowest BCUT2D eigenvalue weighted by molar-refractivity contribution is -0.139. The average molecular weight is 603 g/mol. The zero-order valence-electron chi connectivity index (χ0n) is 25.1. The van der Waals surface area contributed by atoms with E-state index in [1.54, 1.807) is 51.0 Å². The van der Waals surface area contributed by atoms with Crippen molar-refractivity contribution in [3.05, 3.63) is 90.6 Å². The van der Waals surface area contributed by atoms with Gasteiger partial charge in [-0.05, 0) is 54.0 Å². The summed E-state index contributed by atoms with van der Waals surface area (Å²) in [4.78, 5) is 33.4. The molecule has 0 saturated heterocycles. The third kappa shape index (κ3) is 5.38. The molecule has 0 fully saturated rings. The van der Waals surface area contributed by atoms with Gasteiger partial charge in [0.05, 0.1) is 50.8 Å². The van der Waals surface area contributed by atoms with Gasteiger partial charge >= 0.3 is 5.97 Å². The van der Waals surface area contributed by atoms with Crippen LogP contribution in [0.5, 0.6) is 23.0 Å². The summed E-state index contributed by atoms with van der Waals surface area (Å²) in [6.07, 6.45) is 3.05. The van der Waals surface area contributed by atoms with Gasteiger partial charge in [0.1, 0.15) is 11.8 Å². The van der Waals surface area contributed by atoms with Gasteiger partial charge in [0.15, 0.2) is 16.3 Å². The molecule has 4 aromatic rings. The molecule has 2 heterocycles. The zero-order valence-corrected chi connectivity index (χ0v) is 25.9. The first kappa shape index (κ1) is 29.9. The first-order chi connectivity index (χ1) is 20.9. The van der Waals surface area contributed by atoms with Gasteiger partial charge in [-0.2, -0.15) is 0 Å². The summed E-state index contributed by atoms with van der Waals surface area (Å²) in [5.74, 6) is 1.44. The molecule has 1 atom stereocenters. The molecule has 0 aliphatic carbocycles. The third-order valence-electron chi connectivity index (χ3n) is 7.30. The Hall–Kier alpha value is -4.57. The Morgan fingerprint density at radius 2 is 1.65 bits per heavy atom. The standard InChI is InChI=1S/C33H34N2O7S/c1-7-11-22-28(32(37)42-8-2)29(27-21-13-10-9-12-20(21)14-15-23(27)38-3)35-31(36)26(43-33(35)34-22)18-19-16-24(39-4)30(41-6)25(17-19)40-5/h9-10,12-18,29H,7-8,11H2,1-6H3/b26-18-. The molecule has 10 heteroatoms. The summed E-state index contributed by atoms with van der Waals surface area (Å²) >= 11 is 1.26. The lowest BCUT2D eigenvalue weighted by Gasteiger charge is -2.28. The number of thiazole rings is 1. The first-order valence-electron chi connectivity index (χ1n) is 14.0. The Balaban J connectivity index is 1.85. The number of carbonyl (C=O) groups is 1. The van der Waals surface area contributed by atoms with Gasteiger partial charge in [0, 0.05) is 5.56 Å². The second-order valence-corrected chi connectivity index (χ2v) is 10.8. The van der Waals surface area contributed by atoms with Crippen LogP contribution in [0.15, 0.2) is 69.6 Å². The summed E-state index contributed by atoms with van der Waals surface area (Å²) in [6.45, 7) is 3.98. The van der Waals surface area contributed by atoms with Crippen LogP contribution < -0.4 is 33.8 Å². The van der Waals surface area contributed by atoms with Crippen LogP contribution in [0, 0.1) is 0 Å². The van der Waals surface area contributed by atoms with Crippen LogP contribution in [0.4, 0.5) is 0 Å². The predicted octanol–water partition coefficient (Wildman–Crippen LogP) is 4.77. The van der Waals surface area contributed by atoms with Gasteiger partial charge in [-0.25, -0.2) is 9.79 Å². The van der Waals surface area contributed by atoms with E-state index in [4.69, 9.17) is 28.7 Å². The van der Waals surface area contributed by atoms with Crippen LogP contribution in [0.2, 0.25) is 0 Å². The monoisotopic (exact) mass is 602 g/mol. The molecule has 0 N–H and O–H groups in total. The molecule has 1 aromatic heterocycles. The Morgan fingerprint density at radius 3 is 2.28 bits per heavy atom. The number of rotatable bonds is 10. The summed E-state index contributed by atoms with van der Waals surface area (Å²) in [5, 5.41) is 1.82. The predicted molar refractivity (Wildman–Crippen MR) is 166 cm³/mol. The molecule has 5 rings (SSSR count). The highest BCUT2D eigenvalue weighted by Crippen LogP contribution is 2.41. The van der Waals surface area contributed by atoms with E-state index < -0.39 is 12.0 Å². The number of allylic oxidation sites excluding steroid dienone is 1. The second kappa shape index (κ2) is 12.7. The minimum Gasteiger partial charge on any atom is -0.496 e. The molecule has 1 aliphatic heterocycles. The Bertz CT molecular complexity index is 1880. The fourth-order valence-electron chi connectivity index (χ4n) is 5.47. The van der Waals surface area contributed by atoms with Crippen molar-refractivity contribution < 1.29 is 28.5 Å². The lowest BCUT2D eigenvalue weighted by atomic mass is 9.90. The molecule has 0 amide bonds. The highest BCUT2D eigenvalue weighted by Gasteiger charge is 2.37. The molecule has 43 heavy (non-hydrogen) atoms. The summed E-state index contributed by atoms with van der Waals surface area (Å²) < 4.78 is 29.9. The van der Waals surface area contributed by atoms with Crippen molar-refractivity contribution in [1.29, 1.82) is 0 Å². The van der Waals surface area contributed by atoms with Crippen LogP contribution in [0.25, 0.3) is 16.8 Å². The van der Waals surface area contributed by atoms with Gasteiger partial charge < -0.3 is 23.7 Å². The molecule has 1 aliphatic rings. The number of aromatic nitrogens is 1. The Morgan fingerprint density at radius 1 is 0.953 bits per heavy atom. The quantitative estimate of drug-likeness (QED) is 0.241. The normalized spacial score (nSPS) is 14.7. The van der Waals surface area contributed by atoms with Crippen molar-refractivity contribution in [2.45, 2.75) is 32.7 Å². The molecule has 1 unspecified atom stereocenters. The number of carbonyl (C=O) groups excluding carboxylic acids is 1. The van der Waals surface area contributed by atoms with Gasteiger partial charge in [-0.15, -0.1) is 0 Å². The van der Waals surface area contributed by atoms with Gasteiger partial charge in [0.25, 0.3) is 5.56 Å². The van der Waals surface area contributed by atoms with E-state index in [0.29, 0.717) is 61.1 Å². The fourth-order valence-corrected chi connectivity index (χ4v) is 6.49. The van der Waals surface area contributed by atoms with E-state index in [0.717, 1.165) is 17.2 Å². The molecule has 224 valence electrons. The molecule has 9 nitrogen and oxygen atoms in total. The first-order valence-corrected chi connectivity index (χ1v) is 14.8. The van der Waals surface area contributed by atoms with E-state index in [9.17, 15) is 9.59 Å². The minimum atomic E-state index is -0.819.